The molecule has 110 valence electrons. The van der Waals surface area contributed by atoms with Crippen LogP contribution in [0, 0.1) is 0 Å². The molecule has 0 bridgehead atoms. The number of carbonyl (C=O) groups is 1. The van der Waals surface area contributed by atoms with E-state index in [1.165, 1.54) is 11.1 Å². The summed E-state index contributed by atoms with van der Waals surface area (Å²) in [6, 6.07) is 15.5. The normalized spacial score (nSPS) is 10.4. The SMILES string of the molecule is CNC(=O)c1ccc(CNCCc2ccc(Cl)cc2)cc1. The topological polar surface area (TPSA) is 41.1 Å². The van der Waals surface area contributed by atoms with Gasteiger partial charge >= 0.3 is 0 Å². The number of halogens is 1. The first-order valence-electron chi connectivity index (χ1n) is 6.95. The van der Waals surface area contributed by atoms with E-state index >= 15 is 0 Å². The number of hydrogen-bond acceptors (Lipinski definition) is 2. The van der Waals surface area contributed by atoms with Crippen LogP contribution in [0.5, 0.6) is 0 Å². The van der Waals surface area contributed by atoms with E-state index < -0.39 is 0 Å². The molecule has 0 heterocycles. The third-order valence-corrected chi connectivity index (χ3v) is 3.53. The van der Waals surface area contributed by atoms with Gasteiger partial charge < -0.3 is 10.6 Å². The first-order chi connectivity index (χ1) is 10.2. The molecule has 0 saturated heterocycles. The summed E-state index contributed by atoms with van der Waals surface area (Å²) in [6.45, 7) is 1.69. The van der Waals surface area contributed by atoms with Crippen LogP contribution < -0.4 is 10.6 Å². The van der Waals surface area contributed by atoms with Crippen LogP contribution in [0.15, 0.2) is 48.5 Å². The minimum atomic E-state index is -0.0581. The number of rotatable bonds is 6. The van der Waals surface area contributed by atoms with Gasteiger partial charge in [0.05, 0.1) is 0 Å². The van der Waals surface area contributed by atoms with Gasteiger partial charge in [-0.1, -0.05) is 35.9 Å². The van der Waals surface area contributed by atoms with Gasteiger partial charge in [-0.25, -0.2) is 0 Å². The number of nitrogens with one attached hydrogen (secondary N) is 2. The standard InChI is InChI=1S/C17H19ClN2O/c1-19-17(21)15-6-2-14(3-7-15)12-20-11-10-13-4-8-16(18)9-5-13/h2-9,20H,10-12H2,1H3,(H,19,21). The monoisotopic (exact) mass is 302 g/mol. The molecule has 0 fully saturated rings. The summed E-state index contributed by atoms with van der Waals surface area (Å²) in [5.74, 6) is -0.0581. The second kappa shape index (κ2) is 7.81. The van der Waals surface area contributed by atoms with Gasteiger partial charge in [-0.2, -0.15) is 0 Å². The fraction of sp³-hybridized carbons (Fsp3) is 0.235. The average Bonchev–Trinajstić information content (AvgIpc) is 2.53. The number of hydrogen-bond donors (Lipinski definition) is 2. The van der Waals surface area contributed by atoms with Crippen molar-refractivity contribution in [1.29, 1.82) is 0 Å². The van der Waals surface area contributed by atoms with Crippen LogP contribution in [0.2, 0.25) is 5.02 Å². The van der Waals surface area contributed by atoms with Gasteiger partial charge in [0, 0.05) is 24.2 Å². The molecule has 0 aliphatic heterocycles. The fourth-order valence-corrected chi connectivity index (χ4v) is 2.16. The van der Waals surface area contributed by atoms with E-state index in [1.807, 2.05) is 48.5 Å². The molecule has 0 aliphatic carbocycles. The minimum Gasteiger partial charge on any atom is -0.355 e. The van der Waals surface area contributed by atoms with E-state index in [0.29, 0.717) is 5.56 Å². The van der Waals surface area contributed by atoms with Crippen molar-refractivity contribution in [1.82, 2.24) is 10.6 Å². The highest BCUT2D eigenvalue weighted by molar-refractivity contribution is 6.30. The van der Waals surface area contributed by atoms with Crippen molar-refractivity contribution in [2.75, 3.05) is 13.6 Å². The summed E-state index contributed by atoms with van der Waals surface area (Å²) in [4.78, 5) is 11.4. The lowest BCUT2D eigenvalue weighted by molar-refractivity contribution is 0.0963. The Morgan fingerprint density at radius 3 is 2.24 bits per heavy atom. The van der Waals surface area contributed by atoms with Crippen molar-refractivity contribution < 1.29 is 4.79 Å². The van der Waals surface area contributed by atoms with Crippen LogP contribution in [-0.2, 0) is 13.0 Å². The first kappa shape index (κ1) is 15.5. The molecule has 0 unspecified atom stereocenters. The molecule has 2 N–H and O–H groups in total. The third kappa shape index (κ3) is 4.88. The molecule has 1 amide bonds. The second-order valence-corrected chi connectivity index (χ2v) is 5.27. The number of benzene rings is 2. The van der Waals surface area contributed by atoms with Gasteiger partial charge in [0.15, 0.2) is 0 Å². The molecular formula is C17H19ClN2O. The van der Waals surface area contributed by atoms with Gasteiger partial charge in [-0.05, 0) is 48.4 Å². The highest BCUT2D eigenvalue weighted by Crippen LogP contribution is 2.09. The summed E-state index contributed by atoms with van der Waals surface area (Å²) in [5.41, 5.74) is 3.11. The average molecular weight is 303 g/mol. The molecule has 3 nitrogen and oxygen atoms in total. The van der Waals surface area contributed by atoms with Crippen LogP contribution in [0.1, 0.15) is 21.5 Å². The maximum atomic E-state index is 11.4. The van der Waals surface area contributed by atoms with Crippen LogP contribution in [-0.4, -0.2) is 19.5 Å². The molecule has 21 heavy (non-hydrogen) atoms. The number of amides is 1. The van der Waals surface area contributed by atoms with E-state index in [4.69, 9.17) is 11.6 Å². The Hall–Kier alpha value is -1.84. The van der Waals surface area contributed by atoms with Gasteiger partial charge in [0.1, 0.15) is 0 Å². The zero-order chi connectivity index (χ0) is 15.1. The van der Waals surface area contributed by atoms with Crippen LogP contribution in [0.4, 0.5) is 0 Å². The zero-order valence-corrected chi connectivity index (χ0v) is 12.8. The van der Waals surface area contributed by atoms with E-state index in [2.05, 4.69) is 10.6 Å². The molecule has 0 atom stereocenters. The van der Waals surface area contributed by atoms with Crippen molar-refractivity contribution in [3.05, 3.63) is 70.2 Å². The molecule has 2 aromatic rings. The molecular weight excluding hydrogens is 284 g/mol. The third-order valence-electron chi connectivity index (χ3n) is 3.28. The van der Waals surface area contributed by atoms with Crippen LogP contribution in [0.25, 0.3) is 0 Å². The van der Waals surface area contributed by atoms with E-state index in [0.717, 1.165) is 24.5 Å². The van der Waals surface area contributed by atoms with Crippen molar-refractivity contribution in [3.8, 4) is 0 Å². The molecule has 0 spiro atoms. The maximum Gasteiger partial charge on any atom is 0.251 e. The largest absolute Gasteiger partial charge is 0.355 e. The summed E-state index contributed by atoms with van der Waals surface area (Å²) in [7, 11) is 1.63. The second-order valence-electron chi connectivity index (χ2n) is 4.83. The van der Waals surface area contributed by atoms with Crippen molar-refractivity contribution in [3.63, 3.8) is 0 Å². The zero-order valence-electron chi connectivity index (χ0n) is 12.0. The maximum absolute atomic E-state index is 11.4. The molecule has 2 aromatic carbocycles. The Balaban J connectivity index is 1.75. The lowest BCUT2D eigenvalue weighted by atomic mass is 10.1. The Morgan fingerprint density at radius 1 is 1.00 bits per heavy atom. The predicted molar refractivity (Wildman–Crippen MR) is 86.7 cm³/mol. The molecule has 0 aromatic heterocycles. The fourth-order valence-electron chi connectivity index (χ4n) is 2.03. The van der Waals surface area contributed by atoms with Gasteiger partial charge in [0.25, 0.3) is 5.91 Å². The Labute approximate surface area is 130 Å². The van der Waals surface area contributed by atoms with Crippen LogP contribution >= 0.6 is 11.6 Å². The van der Waals surface area contributed by atoms with Crippen molar-refractivity contribution >= 4 is 17.5 Å². The Kier molecular flexibility index (Phi) is 5.78. The molecule has 0 saturated carbocycles. The predicted octanol–water partition coefficient (Wildman–Crippen LogP) is 3.03. The Bertz CT molecular complexity index is 579. The molecule has 4 heteroatoms. The lowest BCUT2D eigenvalue weighted by Gasteiger charge is -2.06. The summed E-state index contributed by atoms with van der Waals surface area (Å²) in [5, 5.41) is 6.77. The number of carbonyl (C=O) groups excluding carboxylic acids is 1. The van der Waals surface area contributed by atoms with E-state index in [9.17, 15) is 4.79 Å². The highest BCUT2D eigenvalue weighted by atomic mass is 35.5. The molecule has 2 rings (SSSR count). The van der Waals surface area contributed by atoms with Gasteiger partial charge in [0.2, 0.25) is 0 Å². The highest BCUT2D eigenvalue weighted by Gasteiger charge is 2.02. The summed E-state index contributed by atoms with van der Waals surface area (Å²) < 4.78 is 0. The summed E-state index contributed by atoms with van der Waals surface area (Å²) >= 11 is 5.85. The smallest absolute Gasteiger partial charge is 0.251 e. The minimum absolute atomic E-state index is 0.0581. The lowest BCUT2D eigenvalue weighted by Crippen LogP contribution is -2.18. The van der Waals surface area contributed by atoms with E-state index in [1.54, 1.807) is 7.05 Å². The molecule has 0 aliphatic rings. The van der Waals surface area contributed by atoms with Crippen molar-refractivity contribution in [2.24, 2.45) is 0 Å². The molecule has 0 radical (unpaired) electrons. The Morgan fingerprint density at radius 2 is 1.62 bits per heavy atom. The van der Waals surface area contributed by atoms with Crippen molar-refractivity contribution in [2.45, 2.75) is 13.0 Å². The van der Waals surface area contributed by atoms with Crippen LogP contribution in [0.3, 0.4) is 0 Å². The summed E-state index contributed by atoms with van der Waals surface area (Å²) in [6.07, 6.45) is 0.966. The van der Waals surface area contributed by atoms with Gasteiger partial charge in [-0.15, -0.1) is 0 Å². The first-order valence-corrected chi connectivity index (χ1v) is 7.33. The van der Waals surface area contributed by atoms with Gasteiger partial charge in [-0.3, -0.25) is 4.79 Å². The van der Waals surface area contributed by atoms with E-state index in [-0.39, 0.29) is 5.91 Å². The quantitative estimate of drug-likeness (QED) is 0.805.